The maximum atomic E-state index is 11.5. The molecule has 1 aromatic rings. The van der Waals surface area contributed by atoms with E-state index in [0.717, 1.165) is 19.5 Å². The van der Waals surface area contributed by atoms with E-state index in [0.29, 0.717) is 16.9 Å². The second kappa shape index (κ2) is 4.09. The van der Waals surface area contributed by atoms with Gasteiger partial charge in [-0.05, 0) is 6.42 Å². The van der Waals surface area contributed by atoms with Crippen LogP contribution in [0, 0.1) is 0 Å². The van der Waals surface area contributed by atoms with Crippen molar-refractivity contribution in [3.63, 3.8) is 0 Å². The highest BCUT2D eigenvalue weighted by atomic mass is 32.2. The number of nitrogen functional groups attached to an aromatic ring is 1. The van der Waals surface area contributed by atoms with E-state index < -0.39 is 0 Å². The summed E-state index contributed by atoms with van der Waals surface area (Å²) in [5, 5.41) is 8.27. The normalized spacial score (nSPS) is 15.1. The van der Waals surface area contributed by atoms with Gasteiger partial charge in [-0.15, -0.1) is 10.2 Å². The predicted molar refractivity (Wildman–Crippen MR) is 57.3 cm³/mol. The topological polar surface area (TPSA) is 77.0 Å². The Kier molecular flexibility index (Phi) is 2.81. The Balaban J connectivity index is 1.87. The smallest absolute Gasteiger partial charge is 0.233 e. The molecule has 15 heavy (non-hydrogen) atoms. The monoisotopic (exact) mass is 227 g/mol. The van der Waals surface area contributed by atoms with Crippen LogP contribution in [0.5, 0.6) is 0 Å². The SMILES string of the molecule is Cn1c(N)nnc1SCC(=O)N1CCC1. The van der Waals surface area contributed by atoms with Gasteiger partial charge in [-0.25, -0.2) is 0 Å². The highest BCUT2D eigenvalue weighted by Gasteiger charge is 2.20. The van der Waals surface area contributed by atoms with Gasteiger partial charge in [0.05, 0.1) is 5.75 Å². The standard InChI is InChI=1S/C8H13N5OS/c1-12-7(9)10-11-8(12)15-5-6(14)13-3-2-4-13/h2-5H2,1H3,(H2,9,10). The van der Waals surface area contributed by atoms with Crippen LogP contribution in [-0.2, 0) is 11.8 Å². The number of nitrogens with zero attached hydrogens (tertiary/aromatic N) is 4. The Bertz CT molecular complexity index is 373. The average molecular weight is 227 g/mol. The number of aromatic nitrogens is 3. The lowest BCUT2D eigenvalue weighted by Crippen LogP contribution is -2.43. The van der Waals surface area contributed by atoms with Crippen molar-refractivity contribution >= 4 is 23.6 Å². The number of thioether (sulfide) groups is 1. The number of hydrogen-bond donors (Lipinski definition) is 1. The third-order valence-electron chi connectivity index (χ3n) is 2.40. The third kappa shape index (κ3) is 2.06. The molecule has 0 bridgehead atoms. The van der Waals surface area contributed by atoms with Gasteiger partial charge in [0.2, 0.25) is 11.9 Å². The molecule has 1 saturated heterocycles. The molecule has 1 aliphatic rings. The van der Waals surface area contributed by atoms with Crippen molar-refractivity contribution in [2.45, 2.75) is 11.6 Å². The van der Waals surface area contributed by atoms with Crippen LogP contribution in [0.2, 0.25) is 0 Å². The van der Waals surface area contributed by atoms with Gasteiger partial charge in [0.15, 0.2) is 5.16 Å². The minimum Gasteiger partial charge on any atom is -0.368 e. The lowest BCUT2D eigenvalue weighted by atomic mass is 10.2. The zero-order valence-corrected chi connectivity index (χ0v) is 9.33. The van der Waals surface area contributed by atoms with Crippen molar-refractivity contribution in [2.24, 2.45) is 7.05 Å². The van der Waals surface area contributed by atoms with Crippen molar-refractivity contribution in [3.05, 3.63) is 0 Å². The van der Waals surface area contributed by atoms with Crippen LogP contribution < -0.4 is 5.73 Å². The van der Waals surface area contributed by atoms with Gasteiger partial charge < -0.3 is 10.6 Å². The Labute approximate surface area is 91.8 Å². The van der Waals surface area contributed by atoms with Crippen LogP contribution >= 0.6 is 11.8 Å². The van der Waals surface area contributed by atoms with E-state index in [9.17, 15) is 4.79 Å². The molecule has 1 fully saturated rings. The first kappa shape index (κ1) is 10.3. The summed E-state index contributed by atoms with van der Waals surface area (Å²) in [7, 11) is 1.78. The molecule has 82 valence electrons. The molecule has 1 aliphatic heterocycles. The number of nitrogens with two attached hydrogens (primary N) is 1. The van der Waals surface area contributed by atoms with Gasteiger partial charge in [-0.3, -0.25) is 9.36 Å². The van der Waals surface area contributed by atoms with Gasteiger partial charge in [-0.1, -0.05) is 11.8 Å². The number of carbonyl (C=O) groups excluding carboxylic acids is 1. The summed E-state index contributed by atoms with van der Waals surface area (Å²) in [6.45, 7) is 1.78. The molecule has 7 heteroatoms. The van der Waals surface area contributed by atoms with Gasteiger partial charge in [0.25, 0.3) is 0 Å². The molecule has 6 nitrogen and oxygen atoms in total. The molecule has 0 aromatic carbocycles. The van der Waals surface area contributed by atoms with Crippen molar-refractivity contribution in [3.8, 4) is 0 Å². The molecule has 0 spiro atoms. The second-order valence-corrected chi connectivity index (χ2v) is 4.37. The highest BCUT2D eigenvalue weighted by molar-refractivity contribution is 7.99. The first-order chi connectivity index (χ1) is 7.18. The number of hydrogen-bond acceptors (Lipinski definition) is 5. The van der Waals surface area contributed by atoms with Crippen LogP contribution in [0.4, 0.5) is 5.95 Å². The first-order valence-electron chi connectivity index (χ1n) is 4.74. The molecule has 0 unspecified atom stereocenters. The average Bonchev–Trinajstić information content (AvgIpc) is 2.42. The van der Waals surface area contributed by atoms with E-state index in [2.05, 4.69) is 10.2 Å². The molecule has 1 amide bonds. The molecule has 2 N–H and O–H groups in total. The van der Waals surface area contributed by atoms with E-state index >= 15 is 0 Å². The Hall–Kier alpha value is -1.24. The first-order valence-corrected chi connectivity index (χ1v) is 5.72. The van der Waals surface area contributed by atoms with E-state index in [4.69, 9.17) is 5.73 Å². The summed E-state index contributed by atoms with van der Waals surface area (Å²) in [6, 6.07) is 0. The van der Waals surface area contributed by atoms with E-state index in [1.807, 2.05) is 4.90 Å². The number of anilines is 1. The zero-order valence-electron chi connectivity index (χ0n) is 8.51. The molecular weight excluding hydrogens is 214 g/mol. The molecule has 0 radical (unpaired) electrons. The summed E-state index contributed by atoms with van der Waals surface area (Å²) < 4.78 is 1.67. The fraction of sp³-hybridized carbons (Fsp3) is 0.625. The molecular formula is C8H13N5OS. The summed E-state index contributed by atoms with van der Waals surface area (Å²) >= 11 is 1.37. The van der Waals surface area contributed by atoms with Crippen LogP contribution in [-0.4, -0.2) is 44.4 Å². The number of carbonyl (C=O) groups is 1. The quantitative estimate of drug-likeness (QED) is 0.719. The summed E-state index contributed by atoms with van der Waals surface area (Å²) in [5.41, 5.74) is 5.52. The van der Waals surface area contributed by atoms with Crippen molar-refractivity contribution in [2.75, 3.05) is 24.6 Å². The van der Waals surface area contributed by atoms with E-state index in [-0.39, 0.29) is 5.91 Å². The highest BCUT2D eigenvalue weighted by Crippen LogP contribution is 2.18. The zero-order chi connectivity index (χ0) is 10.8. The van der Waals surface area contributed by atoms with E-state index in [1.54, 1.807) is 11.6 Å². The van der Waals surface area contributed by atoms with Crippen LogP contribution in [0.1, 0.15) is 6.42 Å². The number of rotatable bonds is 3. The van der Waals surface area contributed by atoms with Gasteiger partial charge in [0.1, 0.15) is 0 Å². The Morgan fingerprint density at radius 3 is 2.73 bits per heavy atom. The summed E-state index contributed by atoms with van der Waals surface area (Å²) in [4.78, 5) is 13.4. The Morgan fingerprint density at radius 2 is 2.27 bits per heavy atom. The fourth-order valence-electron chi connectivity index (χ4n) is 1.24. The number of amides is 1. The van der Waals surface area contributed by atoms with Gasteiger partial charge in [0, 0.05) is 20.1 Å². The minimum absolute atomic E-state index is 0.160. The largest absolute Gasteiger partial charge is 0.368 e. The van der Waals surface area contributed by atoms with Crippen LogP contribution in [0.15, 0.2) is 5.16 Å². The van der Waals surface area contributed by atoms with Crippen molar-refractivity contribution < 1.29 is 4.79 Å². The third-order valence-corrected chi connectivity index (χ3v) is 3.41. The maximum absolute atomic E-state index is 11.5. The van der Waals surface area contributed by atoms with Gasteiger partial charge >= 0.3 is 0 Å². The van der Waals surface area contributed by atoms with Crippen LogP contribution in [0.25, 0.3) is 0 Å². The second-order valence-electron chi connectivity index (χ2n) is 3.42. The molecule has 2 rings (SSSR count). The molecule has 0 atom stereocenters. The Morgan fingerprint density at radius 1 is 1.53 bits per heavy atom. The predicted octanol–water partition coefficient (Wildman–Crippen LogP) is -0.278. The molecule has 2 heterocycles. The maximum Gasteiger partial charge on any atom is 0.233 e. The summed E-state index contributed by atoms with van der Waals surface area (Å²) in [5.74, 6) is 0.938. The lowest BCUT2D eigenvalue weighted by molar-refractivity contribution is -0.131. The number of likely N-dealkylation sites (tertiary alicyclic amines) is 1. The minimum atomic E-state index is 0.160. The van der Waals surface area contributed by atoms with Crippen LogP contribution in [0.3, 0.4) is 0 Å². The molecule has 0 saturated carbocycles. The van der Waals surface area contributed by atoms with Crippen molar-refractivity contribution in [1.29, 1.82) is 0 Å². The lowest BCUT2D eigenvalue weighted by Gasteiger charge is -2.30. The summed E-state index contributed by atoms with van der Waals surface area (Å²) in [6.07, 6.45) is 1.12. The van der Waals surface area contributed by atoms with Crippen molar-refractivity contribution in [1.82, 2.24) is 19.7 Å². The molecule has 1 aromatic heterocycles. The van der Waals surface area contributed by atoms with E-state index in [1.165, 1.54) is 11.8 Å². The fourth-order valence-corrected chi connectivity index (χ4v) is 2.06. The van der Waals surface area contributed by atoms with Gasteiger partial charge in [-0.2, -0.15) is 0 Å². The molecule has 0 aliphatic carbocycles.